The third-order valence-electron chi connectivity index (χ3n) is 3.24. The molecule has 1 fully saturated rings. The number of hydrogen-bond donors (Lipinski definition) is 0. The van der Waals surface area contributed by atoms with Crippen LogP contribution in [0.25, 0.3) is 10.2 Å². The van der Waals surface area contributed by atoms with E-state index in [1.54, 1.807) is 0 Å². The number of nitrogens with zero attached hydrogens (tertiary/aromatic N) is 2. The summed E-state index contributed by atoms with van der Waals surface area (Å²) in [6.45, 7) is 1.72. The molecule has 18 heavy (non-hydrogen) atoms. The second-order valence-electron chi connectivity index (χ2n) is 4.38. The summed E-state index contributed by atoms with van der Waals surface area (Å²) in [5.41, 5.74) is 0.923. The summed E-state index contributed by atoms with van der Waals surface area (Å²) in [5, 5.41) is 1.21. The third-order valence-corrected chi connectivity index (χ3v) is 5.32. The zero-order valence-electron chi connectivity index (χ0n) is 10.1. The Morgan fingerprint density at radius 1 is 1.50 bits per heavy atom. The Morgan fingerprint density at radius 3 is 3.06 bits per heavy atom. The van der Waals surface area contributed by atoms with Crippen LogP contribution in [0, 0.1) is 0 Å². The number of aromatic nitrogens is 1. The minimum Gasteiger partial charge on any atom is -0.335 e. The standard InChI is InChI=1S/C13H14N2OS2/c1-17-9-6-7-15(8-9)13(16)12-14-10-4-2-3-5-11(10)18-12/h2-5,9H,6-8H2,1H3/t9-/m1/s1. The van der Waals surface area contributed by atoms with Crippen molar-refractivity contribution in [2.24, 2.45) is 0 Å². The first-order chi connectivity index (χ1) is 8.78. The number of carbonyl (C=O) groups is 1. The average molecular weight is 278 g/mol. The molecular weight excluding hydrogens is 264 g/mol. The van der Waals surface area contributed by atoms with Crippen molar-refractivity contribution in [3.8, 4) is 0 Å². The van der Waals surface area contributed by atoms with Gasteiger partial charge in [-0.05, 0) is 24.8 Å². The number of thiazole rings is 1. The van der Waals surface area contributed by atoms with Crippen LogP contribution in [0.3, 0.4) is 0 Å². The van der Waals surface area contributed by atoms with Gasteiger partial charge >= 0.3 is 0 Å². The molecule has 1 aromatic heterocycles. The van der Waals surface area contributed by atoms with Gasteiger partial charge in [0.15, 0.2) is 5.01 Å². The van der Waals surface area contributed by atoms with E-state index in [0.717, 1.165) is 29.7 Å². The zero-order chi connectivity index (χ0) is 12.5. The molecule has 1 aliphatic rings. The Bertz CT molecular complexity index is 548. The average Bonchev–Trinajstić information content (AvgIpc) is 3.04. The second kappa shape index (κ2) is 4.90. The fraction of sp³-hybridized carbons (Fsp3) is 0.385. The first kappa shape index (κ1) is 12.0. The van der Waals surface area contributed by atoms with E-state index in [0.29, 0.717) is 10.3 Å². The largest absolute Gasteiger partial charge is 0.335 e. The van der Waals surface area contributed by atoms with Gasteiger partial charge in [-0.15, -0.1) is 11.3 Å². The molecule has 2 aromatic rings. The van der Waals surface area contributed by atoms with Gasteiger partial charge in [0, 0.05) is 18.3 Å². The molecule has 3 nitrogen and oxygen atoms in total. The lowest BCUT2D eigenvalue weighted by atomic mass is 10.3. The fourth-order valence-corrected chi connectivity index (χ4v) is 3.81. The molecule has 0 N–H and O–H groups in total. The van der Waals surface area contributed by atoms with Crippen LogP contribution in [0.15, 0.2) is 24.3 Å². The summed E-state index contributed by atoms with van der Waals surface area (Å²) in [5.74, 6) is 0.0905. The molecule has 2 heterocycles. The second-order valence-corrected chi connectivity index (χ2v) is 6.55. The van der Waals surface area contributed by atoms with E-state index in [9.17, 15) is 4.79 Å². The number of thioether (sulfide) groups is 1. The summed E-state index contributed by atoms with van der Waals surface area (Å²) in [6.07, 6.45) is 3.20. The highest BCUT2D eigenvalue weighted by molar-refractivity contribution is 7.99. The van der Waals surface area contributed by atoms with Gasteiger partial charge in [-0.2, -0.15) is 11.8 Å². The fourth-order valence-electron chi connectivity index (χ4n) is 2.20. The third kappa shape index (κ3) is 2.12. The van der Waals surface area contributed by atoms with Crippen molar-refractivity contribution in [3.05, 3.63) is 29.3 Å². The number of carbonyl (C=O) groups excluding carboxylic acids is 1. The normalized spacial score (nSPS) is 19.6. The molecule has 1 atom stereocenters. The van der Waals surface area contributed by atoms with Crippen molar-refractivity contribution in [1.29, 1.82) is 0 Å². The van der Waals surface area contributed by atoms with Crippen LogP contribution in [0.5, 0.6) is 0 Å². The minimum atomic E-state index is 0.0905. The molecule has 0 saturated carbocycles. The Balaban J connectivity index is 1.84. The van der Waals surface area contributed by atoms with Gasteiger partial charge in [-0.1, -0.05) is 12.1 Å². The summed E-state index contributed by atoms with van der Waals surface area (Å²) in [7, 11) is 0. The number of para-hydroxylation sites is 1. The van der Waals surface area contributed by atoms with Gasteiger partial charge < -0.3 is 4.90 Å². The number of amides is 1. The van der Waals surface area contributed by atoms with Crippen LogP contribution < -0.4 is 0 Å². The predicted octanol–water partition coefficient (Wildman–Crippen LogP) is 2.87. The molecule has 0 spiro atoms. The van der Waals surface area contributed by atoms with Crippen LogP contribution in [0.4, 0.5) is 0 Å². The van der Waals surface area contributed by atoms with Crippen LogP contribution >= 0.6 is 23.1 Å². The van der Waals surface area contributed by atoms with Crippen LogP contribution in [-0.2, 0) is 0 Å². The van der Waals surface area contributed by atoms with Gasteiger partial charge in [0.25, 0.3) is 5.91 Å². The van der Waals surface area contributed by atoms with E-state index < -0.39 is 0 Å². The first-order valence-corrected chi connectivity index (χ1v) is 8.06. The number of rotatable bonds is 2. The molecule has 1 aromatic carbocycles. The van der Waals surface area contributed by atoms with E-state index in [-0.39, 0.29) is 5.91 Å². The minimum absolute atomic E-state index is 0.0905. The monoisotopic (exact) mass is 278 g/mol. The highest BCUT2D eigenvalue weighted by Gasteiger charge is 2.27. The maximum absolute atomic E-state index is 12.3. The van der Waals surface area contributed by atoms with E-state index in [1.165, 1.54) is 11.3 Å². The molecule has 5 heteroatoms. The van der Waals surface area contributed by atoms with E-state index in [1.807, 2.05) is 40.9 Å². The summed E-state index contributed by atoms with van der Waals surface area (Å²) in [6, 6.07) is 7.90. The van der Waals surface area contributed by atoms with Crippen molar-refractivity contribution in [3.63, 3.8) is 0 Å². The van der Waals surface area contributed by atoms with Crippen molar-refractivity contribution in [1.82, 2.24) is 9.88 Å². The lowest BCUT2D eigenvalue weighted by Crippen LogP contribution is -2.28. The lowest BCUT2D eigenvalue weighted by Gasteiger charge is -2.13. The molecule has 1 amide bonds. The molecule has 0 unspecified atom stereocenters. The number of likely N-dealkylation sites (tertiary alicyclic amines) is 1. The molecule has 0 radical (unpaired) electrons. The maximum atomic E-state index is 12.3. The van der Waals surface area contributed by atoms with Gasteiger partial charge in [-0.3, -0.25) is 4.79 Å². The molecule has 1 aliphatic heterocycles. The lowest BCUT2D eigenvalue weighted by molar-refractivity contribution is 0.0793. The molecule has 1 saturated heterocycles. The molecular formula is C13H14N2OS2. The van der Waals surface area contributed by atoms with Crippen molar-refractivity contribution >= 4 is 39.2 Å². The Kier molecular flexibility index (Phi) is 3.26. The van der Waals surface area contributed by atoms with Gasteiger partial charge in [-0.25, -0.2) is 4.98 Å². The Hall–Kier alpha value is -1.07. The Morgan fingerprint density at radius 2 is 2.33 bits per heavy atom. The number of benzene rings is 1. The SMILES string of the molecule is CS[C@@H]1CCN(C(=O)c2nc3ccccc3s2)C1. The first-order valence-electron chi connectivity index (χ1n) is 5.95. The van der Waals surface area contributed by atoms with Gasteiger partial charge in [0.05, 0.1) is 10.2 Å². The Labute approximate surface area is 114 Å². The highest BCUT2D eigenvalue weighted by Crippen LogP contribution is 2.26. The number of hydrogen-bond acceptors (Lipinski definition) is 4. The number of fused-ring (bicyclic) bond motifs is 1. The van der Waals surface area contributed by atoms with Crippen molar-refractivity contribution in [2.45, 2.75) is 11.7 Å². The summed E-state index contributed by atoms with van der Waals surface area (Å²) >= 11 is 3.33. The van der Waals surface area contributed by atoms with Crippen LogP contribution in [-0.4, -0.2) is 40.4 Å². The van der Waals surface area contributed by atoms with E-state index in [2.05, 4.69) is 11.2 Å². The van der Waals surface area contributed by atoms with Gasteiger partial charge in [0.2, 0.25) is 0 Å². The molecule has 3 rings (SSSR count). The van der Waals surface area contributed by atoms with Crippen LogP contribution in [0.2, 0.25) is 0 Å². The van der Waals surface area contributed by atoms with Crippen molar-refractivity contribution < 1.29 is 4.79 Å². The predicted molar refractivity (Wildman–Crippen MR) is 77.4 cm³/mol. The highest BCUT2D eigenvalue weighted by atomic mass is 32.2. The molecule has 94 valence electrons. The quantitative estimate of drug-likeness (QED) is 0.847. The van der Waals surface area contributed by atoms with Crippen molar-refractivity contribution in [2.75, 3.05) is 19.3 Å². The molecule has 0 bridgehead atoms. The van der Waals surface area contributed by atoms with E-state index in [4.69, 9.17) is 0 Å². The molecule has 0 aliphatic carbocycles. The smallest absolute Gasteiger partial charge is 0.282 e. The zero-order valence-corrected chi connectivity index (χ0v) is 11.8. The summed E-state index contributed by atoms with van der Waals surface area (Å²) in [4.78, 5) is 18.7. The topological polar surface area (TPSA) is 33.2 Å². The van der Waals surface area contributed by atoms with E-state index >= 15 is 0 Å². The van der Waals surface area contributed by atoms with Gasteiger partial charge in [0.1, 0.15) is 0 Å². The maximum Gasteiger partial charge on any atom is 0.282 e. The summed E-state index contributed by atoms with van der Waals surface area (Å²) < 4.78 is 1.08. The van der Waals surface area contributed by atoms with Crippen LogP contribution in [0.1, 0.15) is 16.2 Å².